The van der Waals surface area contributed by atoms with Crippen molar-refractivity contribution in [3.8, 4) is 5.69 Å². The molecule has 4 rings (SSSR count). The third-order valence-electron chi connectivity index (χ3n) is 5.19. The van der Waals surface area contributed by atoms with Crippen LogP contribution >= 0.6 is 15.9 Å². The molecule has 1 aliphatic heterocycles. The van der Waals surface area contributed by atoms with Crippen molar-refractivity contribution in [2.24, 2.45) is 5.92 Å². The molecule has 3 aromatic rings. The Morgan fingerprint density at radius 3 is 2.79 bits per heavy atom. The summed E-state index contributed by atoms with van der Waals surface area (Å²) in [5, 5.41) is 11.1. The molecule has 2 aromatic carbocycles. The lowest BCUT2D eigenvalue weighted by Crippen LogP contribution is -2.31. The lowest BCUT2D eigenvalue weighted by atomic mass is 10.1. The summed E-state index contributed by atoms with van der Waals surface area (Å²) in [6, 6.07) is 14.2. The number of nitrogens with one attached hydrogen (secondary N) is 1. The number of benzene rings is 2. The molecule has 1 saturated heterocycles. The lowest BCUT2D eigenvalue weighted by Gasteiger charge is -2.19. The van der Waals surface area contributed by atoms with Crippen LogP contribution in [0.5, 0.6) is 0 Å². The number of rotatable bonds is 5. The summed E-state index contributed by atoms with van der Waals surface area (Å²) >= 11 is 3.51. The Bertz CT molecular complexity index is 1020. The van der Waals surface area contributed by atoms with Crippen LogP contribution in [0.15, 0.2) is 53.0 Å². The molecule has 0 saturated carbocycles. The average molecular weight is 458 g/mol. The van der Waals surface area contributed by atoms with E-state index in [1.807, 2.05) is 12.1 Å². The Hall–Kier alpha value is -2.74. The summed E-state index contributed by atoms with van der Waals surface area (Å²) in [6.07, 6.45) is 1.02. The minimum atomic E-state index is -0.321. The Morgan fingerprint density at radius 1 is 1.24 bits per heavy atom. The zero-order chi connectivity index (χ0) is 20.4. The van der Waals surface area contributed by atoms with E-state index in [0.29, 0.717) is 23.8 Å². The molecule has 0 radical (unpaired) electrons. The van der Waals surface area contributed by atoms with Gasteiger partial charge in [-0.2, -0.15) is 0 Å². The molecule has 1 unspecified atom stereocenters. The van der Waals surface area contributed by atoms with Gasteiger partial charge < -0.3 is 10.2 Å². The molecule has 0 aliphatic carbocycles. The molecule has 1 fully saturated rings. The van der Waals surface area contributed by atoms with Crippen molar-refractivity contribution in [1.82, 2.24) is 20.3 Å². The highest BCUT2D eigenvalue weighted by Crippen LogP contribution is 2.26. The van der Waals surface area contributed by atoms with Gasteiger partial charge in [0, 0.05) is 29.8 Å². The first-order valence-electron chi connectivity index (χ1n) is 9.48. The highest BCUT2D eigenvalue weighted by atomic mass is 79.9. The summed E-state index contributed by atoms with van der Waals surface area (Å²) in [5.74, 6) is -0.180. The first-order chi connectivity index (χ1) is 14.0. The number of halogens is 2. The number of carbonyl (C=O) groups excluding carboxylic acids is 1. The fourth-order valence-corrected chi connectivity index (χ4v) is 3.98. The molecule has 1 amide bonds. The largest absolute Gasteiger partial charge is 0.371 e. The maximum Gasteiger partial charge on any atom is 0.273 e. The molecule has 29 heavy (non-hydrogen) atoms. The van der Waals surface area contributed by atoms with Crippen molar-refractivity contribution < 1.29 is 9.18 Å². The predicted molar refractivity (Wildman–Crippen MR) is 113 cm³/mol. The van der Waals surface area contributed by atoms with Crippen LogP contribution in [0.1, 0.15) is 22.6 Å². The van der Waals surface area contributed by atoms with Gasteiger partial charge in [-0.25, -0.2) is 9.07 Å². The maximum atomic E-state index is 13.1. The van der Waals surface area contributed by atoms with Crippen molar-refractivity contribution in [1.29, 1.82) is 0 Å². The normalized spacial score (nSPS) is 16.2. The van der Waals surface area contributed by atoms with Crippen LogP contribution in [0.25, 0.3) is 5.69 Å². The summed E-state index contributed by atoms with van der Waals surface area (Å²) in [5.41, 5.74) is 2.76. The van der Waals surface area contributed by atoms with Crippen molar-refractivity contribution in [2.75, 3.05) is 24.5 Å². The minimum absolute atomic E-state index is 0.239. The smallest absolute Gasteiger partial charge is 0.273 e. The summed E-state index contributed by atoms with van der Waals surface area (Å²) < 4.78 is 15.7. The quantitative estimate of drug-likeness (QED) is 0.633. The van der Waals surface area contributed by atoms with E-state index in [9.17, 15) is 9.18 Å². The van der Waals surface area contributed by atoms with E-state index in [-0.39, 0.29) is 17.4 Å². The van der Waals surface area contributed by atoms with E-state index in [0.717, 1.165) is 24.0 Å². The van der Waals surface area contributed by atoms with Gasteiger partial charge in [0.1, 0.15) is 5.82 Å². The Balaban J connectivity index is 1.36. The number of amides is 1. The standard InChI is InChI=1S/C21H21BrFN5O/c1-14-20(25-26-28(14)18-7-5-17(23)6-8-18)21(29)24-12-15-9-10-27(13-15)19-4-2-3-16(22)11-19/h2-8,11,15H,9-10,12-13H2,1H3,(H,24,29). The number of hydrogen-bond donors (Lipinski definition) is 1. The van der Waals surface area contributed by atoms with Crippen molar-refractivity contribution in [3.63, 3.8) is 0 Å². The van der Waals surface area contributed by atoms with Gasteiger partial charge in [-0.1, -0.05) is 27.2 Å². The molecule has 1 aromatic heterocycles. The van der Waals surface area contributed by atoms with Gasteiger partial charge >= 0.3 is 0 Å². The molecule has 1 N–H and O–H groups in total. The van der Waals surface area contributed by atoms with Gasteiger partial charge in [0.2, 0.25) is 0 Å². The van der Waals surface area contributed by atoms with Crippen molar-refractivity contribution >= 4 is 27.5 Å². The molecular formula is C21H21BrFN5O. The second-order valence-electron chi connectivity index (χ2n) is 7.20. The Morgan fingerprint density at radius 2 is 2.03 bits per heavy atom. The van der Waals surface area contributed by atoms with Crippen LogP contribution < -0.4 is 10.2 Å². The van der Waals surface area contributed by atoms with Gasteiger partial charge in [0.05, 0.1) is 11.4 Å². The van der Waals surface area contributed by atoms with Gasteiger partial charge in [0.15, 0.2) is 5.69 Å². The molecule has 1 aliphatic rings. The number of aromatic nitrogens is 3. The molecule has 150 valence electrons. The molecule has 8 heteroatoms. The molecular weight excluding hydrogens is 437 g/mol. The van der Waals surface area contributed by atoms with E-state index >= 15 is 0 Å². The topological polar surface area (TPSA) is 63.1 Å². The van der Waals surface area contributed by atoms with Crippen LogP contribution in [-0.2, 0) is 0 Å². The lowest BCUT2D eigenvalue weighted by molar-refractivity contribution is 0.0942. The van der Waals surface area contributed by atoms with E-state index in [1.165, 1.54) is 17.8 Å². The van der Waals surface area contributed by atoms with Crippen LogP contribution in [0.2, 0.25) is 0 Å². The molecule has 0 bridgehead atoms. The van der Waals surface area contributed by atoms with E-state index in [2.05, 4.69) is 48.6 Å². The highest BCUT2D eigenvalue weighted by Gasteiger charge is 2.24. The predicted octanol–water partition coefficient (Wildman–Crippen LogP) is 3.73. The second-order valence-corrected chi connectivity index (χ2v) is 8.12. The number of anilines is 1. The molecule has 2 heterocycles. The van der Waals surface area contributed by atoms with E-state index in [4.69, 9.17) is 0 Å². The SMILES string of the molecule is Cc1c(C(=O)NCC2CCN(c3cccc(Br)c3)C2)nnn1-c1ccc(F)cc1. The Labute approximate surface area is 176 Å². The molecule has 0 spiro atoms. The van der Waals surface area contributed by atoms with Crippen LogP contribution in [-0.4, -0.2) is 40.5 Å². The summed E-state index contributed by atoms with van der Waals surface area (Å²) in [6.45, 7) is 4.24. The van der Waals surface area contributed by atoms with Gasteiger partial charge in [0.25, 0.3) is 5.91 Å². The van der Waals surface area contributed by atoms with E-state index < -0.39 is 0 Å². The van der Waals surface area contributed by atoms with Gasteiger partial charge in [-0.15, -0.1) is 5.10 Å². The fraction of sp³-hybridized carbons (Fsp3) is 0.286. The molecule has 6 nitrogen and oxygen atoms in total. The van der Waals surface area contributed by atoms with E-state index in [1.54, 1.807) is 23.7 Å². The van der Waals surface area contributed by atoms with Gasteiger partial charge in [-0.05, 0) is 61.7 Å². The number of nitrogens with zero attached hydrogens (tertiary/aromatic N) is 4. The minimum Gasteiger partial charge on any atom is -0.371 e. The third kappa shape index (κ3) is 4.32. The Kier molecular flexibility index (Phi) is 5.62. The zero-order valence-electron chi connectivity index (χ0n) is 16.0. The zero-order valence-corrected chi connectivity index (χ0v) is 17.6. The molecule has 1 atom stereocenters. The number of carbonyl (C=O) groups is 1. The first-order valence-corrected chi connectivity index (χ1v) is 10.3. The maximum absolute atomic E-state index is 13.1. The van der Waals surface area contributed by atoms with Crippen molar-refractivity contribution in [2.45, 2.75) is 13.3 Å². The summed E-state index contributed by atoms with van der Waals surface area (Å²) in [7, 11) is 0. The third-order valence-corrected chi connectivity index (χ3v) is 5.68. The number of hydrogen-bond acceptors (Lipinski definition) is 4. The summed E-state index contributed by atoms with van der Waals surface area (Å²) in [4.78, 5) is 14.9. The van der Waals surface area contributed by atoms with Gasteiger partial charge in [-0.3, -0.25) is 4.79 Å². The van der Waals surface area contributed by atoms with Crippen LogP contribution in [0, 0.1) is 18.7 Å². The highest BCUT2D eigenvalue weighted by molar-refractivity contribution is 9.10. The second kappa shape index (κ2) is 8.32. The van der Waals surface area contributed by atoms with Crippen LogP contribution in [0.4, 0.5) is 10.1 Å². The fourth-order valence-electron chi connectivity index (χ4n) is 3.59. The monoisotopic (exact) mass is 457 g/mol. The van der Waals surface area contributed by atoms with Crippen LogP contribution in [0.3, 0.4) is 0 Å². The first kappa shape index (κ1) is 19.6. The average Bonchev–Trinajstić information content (AvgIpc) is 3.34. The van der Waals surface area contributed by atoms with Crippen molar-refractivity contribution in [3.05, 3.63) is 70.2 Å².